The summed E-state index contributed by atoms with van der Waals surface area (Å²) < 4.78 is 89.8. The van der Waals surface area contributed by atoms with E-state index in [0.29, 0.717) is 6.07 Å². The van der Waals surface area contributed by atoms with Gasteiger partial charge in [-0.3, -0.25) is 10.1 Å². The Morgan fingerprint density at radius 2 is 1.54 bits per heavy atom. The third-order valence-electron chi connectivity index (χ3n) is 5.35. The van der Waals surface area contributed by atoms with Crippen molar-refractivity contribution >= 4 is 40.9 Å². The lowest BCUT2D eigenvalue weighted by Gasteiger charge is -2.13. The largest absolute Gasteiger partial charge is 0.463 e. The summed E-state index contributed by atoms with van der Waals surface area (Å²) in [6, 6.07) is 9.36. The van der Waals surface area contributed by atoms with E-state index < -0.39 is 64.2 Å². The van der Waals surface area contributed by atoms with E-state index in [2.05, 4.69) is 10.1 Å². The van der Waals surface area contributed by atoms with Crippen LogP contribution in [0, 0.1) is 10.1 Å². The molecule has 0 radical (unpaired) electrons. The number of rotatable bonds is 8. The summed E-state index contributed by atoms with van der Waals surface area (Å²) in [5.41, 5.74) is -2.83. The van der Waals surface area contributed by atoms with Gasteiger partial charge in [-0.25, -0.2) is 14.4 Å². The van der Waals surface area contributed by atoms with Crippen LogP contribution in [0.2, 0.25) is 5.02 Å². The van der Waals surface area contributed by atoms with Crippen LogP contribution >= 0.6 is 11.6 Å². The van der Waals surface area contributed by atoms with Crippen molar-refractivity contribution in [2.24, 2.45) is 0 Å². The molecule has 0 saturated carbocycles. The fourth-order valence-electron chi connectivity index (χ4n) is 3.20. The number of nitrogens with one attached hydrogen (secondary N) is 1. The lowest BCUT2D eigenvalue weighted by molar-refractivity contribution is -0.385. The summed E-state index contributed by atoms with van der Waals surface area (Å²) in [6.07, 6.45) is -9.01. The molecule has 0 unspecified atom stereocenters. The van der Waals surface area contributed by atoms with Crippen molar-refractivity contribution in [3.8, 4) is 11.5 Å². The van der Waals surface area contributed by atoms with Gasteiger partial charge in [0.2, 0.25) is 0 Å². The molecular formula is C28H24ClF6N3O8. The van der Waals surface area contributed by atoms with Gasteiger partial charge in [0.1, 0.15) is 17.1 Å². The van der Waals surface area contributed by atoms with Gasteiger partial charge in [-0.1, -0.05) is 17.7 Å². The van der Waals surface area contributed by atoms with Gasteiger partial charge >= 0.3 is 30.3 Å². The molecule has 1 N–H and O–H groups in total. The lowest BCUT2D eigenvalue weighted by atomic mass is 10.1. The molecule has 46 heavy (non-hydrogen) atoms. The zero-order chi connectivity index (χ0) is 34.8. The fourth-order valence-corrected chi connectivity index (χ4v) is 3.42. The maximum absolute atomic E-state index is 12.7. The maximum atomic E-state index is 12.7. The Balaban J connectivity index is 0.000000387. The summed E-state index contributed by atoms with van der Waals surface area (Å²) in [7, 11) is 3.01. The molecule has 18 heteroatoms. The quantitative estimate of drug-likeness (QED) is 0.111. The topological polar surface area (TPSA) is 137 Å². The van der Waals surface area contributed by atoms with Crippen LogP contribution in [0.15, 0.2) is 60.7 Å². The highest BCUT2D eigenvalue weighted by Gasteiger charge is 2.32. The number of carbonyl (C=O) groups excluding carboxylic acids is 3. The number of amides is 2. The molecule has 0 spiro atoms. The summed E-state index contributed by atoms with van der Waals surface area (Å²) in [4.78, 5) is 46.2. The Morgan fingerprint density at radius 1 is 0.913 bits per heavy atom. The molecule has 11 nitrogen and oxygen atoms in total. The van der Waals surface area contributed by atoms with Crippen LogP contribution < -0.4 is 10.1 Å². The molecule has 3 rings (SSSR count). The number of urea groups is 1. The number of nitrogens with zero attached hydrogens (tertiary/aromatic N) is 2. The highest BCUT2D eigenvalue weighted by atomic mass is 35.5. The number of nitro groups is 1. The summed E-state index contributed by atoms with van der Waals surface area (Å²) >= 11 is 5.81. The Bertz CT molecular complexity index is 1580. The molecule has 0 aliphatic rings. The van der Waals surface area contributed by atoms with Crippen molar-refractivity contribution in [2.45, 2.75) is 19.3 Å². The summed E-state index contributed by atoms with van der Waals surface area (Å²) in [6.45, 7) is 0.825. The van der Waals surface area contributed by atoms with Crippen molar-refractivity contribution in [3.05, 3.63) is 92.5 Å². The minimum Gasteiger partial charge on any atom is -0.463 e. The average Bonchev–Trinajstić information content (AvgIpc) is 2.96. The van der Waals surface area contributed by atoms with Crippen molar-refractivity contribution < 1.29 is 59.9 Å². The standard InChI is InChI=1S/C18H13ClF3NO7.C10H11F3N2O/c1-2-28-16(24)9-29-17(25)12-8-11(4-5-14(12)23(26)27)30-15-6-3-10(7-13(15)19)18(20,21)22;1-15(2)9(16)14-8-5-3-4-7(6-8)10(11,12)13/h3-8H,2,9H2,1H3;3-6H,1-2H3,(H,14,16). The number of carbonyl (C=O) groups is 3. The van der Waals surface area contributed by atoms with Crippen LogP contribution in [0.3, 0.4) is 0 Å². The molecule has 0 heterocycles. The van der Waals surface area contributed by atoms with E-state index in [4.69, 9.17) is 21.1 Å². The molecule has 3 aromatic carbocycles. The predicted molar refractivity (Wildman–Crippen MR) is 151 cm³/mol. The molecule has 0 aliphatic heterocycles. The van der Waals surface area contributed by atoms with E-state index in [9.17, 15) is 50.8 Å². The second-order valence-electron chi connectivity index (χ2n) is 8.97. The number of nitro benzene ring substituents is 1. The van der Waals surface area contributed by atoms with Gasteiger partial charge in [-0.15, -0.1) is 0 Å². The first-order valence-electron chi connectivity index (χ1n) is 12.6. The molecule has 248 valence electrons. The lowest BCUT2D eigenvalue weighted by Crippen LogP contribution is -2.27. The number of halogens is 7. The van der Waals surface area contributed by atoms with Crippen LogP contribution in [0.5, 0.6) is 11.5 Å². The van der Waals surface area contributed by atoms with E-state index >= 15 is 0 Å². The first-order chi connectivity index (χ1) is 21.3. The molecule has 0 fully saturated rings. The van der Waals surface area contributed by atoms with Gasteiger partial charge in [-0.2, -0.15) is 26.3 Å². The molecule has 3 aromatic rings. The van der Waals surface area contributed by atoms with E-state index in [1.807, 2.05) is 0 Å². The molecule has 0 aliphatic carbocycles. The number of alkyl halides is 6. The maximum Gasteiger partial charge on any atom is 0.416 e. The molecule has 2 amide bonds. The zero-order valence-electron chi connectivity index (χ0n) is 24.0. The van der Waals surface area contributed by atoms with E-state index in [1.54, 1.807) is 0 Å². The highest BCUT2D eigenvalue weighted by Crippen LogP contribution is 2.37. The van der Waals surface area contributed by atoms with Crippen molar-refractivity contribution in [1.29, 1.82) is 0 Å². The van der Waals surface area contributed by atoms with E-state index in [1.165, 1.54) is 38.1 Å². The molecular weight excluding hydrogens is 656 g/mol. The average molecular weight is 680 g/mol. The molecule has 0 aromatic heterocycles. The number of ether oxygens (including phenoxy) is 3. The smallest absolute Gasteiger partial charge is 0.416 e. The number of esters is 2. The third-order valence-corrected chi connectivity index (χ3v) is 5.64. The first-order valence-corrected chi connectivity index (χ1v) is 13.0. The van der Waals surface area contributed by atoms with Gasteiger partial charge in [0.25, 0.3) is 5.69 Å². The number of hydrogen-bond donors (Lipinski definition) is 1. The van der Waals surface area contributed by atoms with Crippen LogP contribution in [0.1, 0.15) is 28.4 Å². The van der Waals surface area contributed by atoms with E-state index in [0.717, 1.165) is 42.5 Å². The second-order valence-corrected chi connectivity index (χ2v) is 9.37. The zero-order valence-corrected chi connectivity index (χ0v) is 24.7. The Hall–Kier alpha value is -5.06. The van der Waals surface area contributed by atoms with Crippen LogP contribution in [-0.4, -0.2) is 55.1 Å². The third kappa shape index (κ3) is 11.1. The summed E-state index contributed by atoms with van der Waals surface area (Å²) in [5, 5.41) is 13.1. The number of benzene rings is 3. The van der Waals surface area contributed by atoms with Gasteiger partial charge in [0.05, 0.1) is 27.7 Å². The van der Waals surface area contributed by atoms with E-state index in [-0.39, 0.29) is 28.8 Å². The van der Waals surface area contributed by atoms with Crippen molar-refractivity contribution in [2.75, 3.05) is 32.6 Å². The Labute approximate surface area is 261 Å². The molecule has 0 atom stereocenters. The molecule has 0 bridgehead atoms. The second kappa shape index (κ2) is 15.8. The number of hydrogen-bond acceptors (Lipinski definition) is 8. The minimum absolute atomic E-state index is 0.0493. The summed E-state index contributed by atoms with van der Waals surface area (Å²) in [5.74, 6) is -2.36. The molecule has 0 saturated heterocycles. The van der Waals surface area contributed by atoms with Gasteiger partial charge in [0.15, 0.2) is 6.61 Å². The van der Waals surface area contributed by atoms with Crippen molar-refractivity contribution in [3.63, 3.8) is 0 Å². The Morgan fingerprint density at radius 3 is 2.09 bits per heavy atom. The fraction of sp³-hybridized carbons (Fsp3) is 0.250. The van der Waals surface area contributed by atoms with Gasteiger partial charge < -0.3 is 24.4 Å². The normalized spacial score (nSPS) is 11.0. The van der Waals surface area contributed by atoms with Crippen LogP contribution in [0.25, 0.3) is 0 Å². The van der Waals surface area contributed by atoms with Gasteiger partial charge in [0, 0.05) is 31.9 Å². The first kappa shape index (κ1) is 37.1. The SMILES string of the molecule is CCOC(=O)COC(=O)c1cc(Oc2ccc(C(F)(F)F)cc2Cl)ccc1[N+](=O)[O-].CN(C)C(=O)Nc1cccc(C(F)(F)F)c1. The number of anilines is 1. The predicted octanol–water partition coefficient (Wildman–Crippen LogP) is 7.58. The van der Waals surface area contributed by atoms with Crippen LogP contribution in [-0.2, 0) is 26.6 Å². The Kier molecular flexibility index (Phi) is 12.7. The minimum atomic E-state index is -4.61. The van der Waals surface area contributed by atoms with Gasteiger partial charge in [-0.05, 0) is 49.4 Å². The highest BCUT2D eigenvalue weighted by molar-refractivity contribution is 6.32. The monoisotopic (exact) mass is 679 g/mol. The van der Waals surface area contributed by atoms with Crippen LogP contribution in [0.4, 0.5) is 42.5 Å². The van der Waals surface area contributed by atoms with Crippen molar-refractivity contribution in [1.82, 2.24) is 4.90 Å².